The summed E-state index contributed by atoms with van der Waals surface area (Å²) in [7, 11) is 0. The van der Waals surface area contributed by atoms with Crippen molar-refractivity contribution in [1.29, 1.82) is 0 Å². The highest BCUT2D eigenvalue weighted by molar-refractivity contribution is 7.13. The normalized spacial score (nSPS) is 10.5. The van der Waals surface area contributed by atoms with E-state index < -0.39 is 11.7 Å². The molecule has 0 fully saturated rings. The number of aromatic nitrogens is 2. The highest BCUT2D eigenvalue weighted by Crippen LogP contribution is 2.22. The van der Waals surface area contributed by atoms with Crippen LogP contribution in [0.2, 0.25) is 0 Å². The van der Waals surface area contributed by atoms with E-state index in [0.717, 1.165) is 4.88 Å². The van der Waals surface area contributed by atoms with E-state index in [1.165, 1.54) is 35.6 Å². The maximum Gasteiger partial charge on any atom is 0.268 e. The molecule has 1 aromatic carbocycles. The summed E-state index contributed by atoms with van der Waals surface area (Å²) >= 11 is 1.49. The first-order chi connectivity index (χ1) is 10.2. The average molecular weight is 303 g/mol. The van der Waals surface area contributed by atoms with Crippen LogP contribution >= 0.6 is 11.3 Å². The van der Waals surface area contributed by atoms with E-state index in [1.54, 1.807) is 0 Å². The Labute approximate surface area is 123 Å². The minimum Gasteiger partial charge on any atom is -0.345 e. The third kappa shape index (κ3) is 3.14. The van der Waals surface area contributed by atoms with Gasteiger partial charge in [0.05, 0.1) is 11.4 Å². The van der Waals surface area contributed by atoms with E-state index in [9.17, 15) is 9.18 Å². The van der Waals surface area contributed by atoms with Crippen LogP contribution < -0.4 is 5.32 Å². The molecule has 3 aromatic rings. The van der Waals surface area contributed by atoms with Crippen molar-refractivity contribution < 1.29 is 13.7 Å². The van der Waals surface area contributed by atoms with E-state index in [1.807, 2.05) is 17.5 Å². The number of carbonyl (C=O) groups is 1. The molecule has 0 aliphatic heterocycles. The molecule has 0 aliphatic carbocycles. The Morgan fingerprint density at radius 1 is 1.33 bits per heavy atom. The van der Waals surface area contributed by atoms with Crippen LogP contribution in [0, 0.1) is 5.82 Å². The molecule has 21 heavy (non-hydrogen) atoms. The molecule has 0 aliphatic rings. The summed E-state index contributed by atoms with van der Waals surface area (Å²) in [5.74, 6) is -0.0673. The van der Waals surface area contributed by atoms with Crippen LogP contribution in [0.4, 0.5) is 4.39 Å². The molecule has 1 amide bonds. The lowest BCUT2D eigenvalue weighted by atomic mass is 10.2. The molecule has 0 atom stereocenters. The molecule has 7 heteroatoms. The number of nitrogens with zero attached hydrogens (tertiary/aromatic N) is 2. The minimum absolute atomic E-state index is 0.115. The number of hydrogen-bond donors (Lipinski definition) is 1. The molecule has 0 spiro atoms. The molecule has 0 bridgehead atoms. The molecule has 106 valence electrons. The molecule has 1 N–H and O–H groups in total. The van der Waals surface area contributed by atoms with Crippen LogP contribution in [-0.4, -0.2) is 16.0 Å². The highest BCUT2D eigenvalue weighted by Gasteiger charge is 2.11. The summed E-state index contributed by atoms with van der Waals surface area (Å²) in [5, 5.41) is 8.31. The van der Waals surface area contributed by atoms with Gasteiger partial charge < -0.3 is 9.84 Å². The summed E-state index contributed by atoms with van der Waals surface area (Å²) in [6, 6.07) is 9.22. The third-order valence-electron chi connectivity index (χ3n) is 2.69. The Morgan fingerprint density at radius 2 is 2.24 bits per heavy atom. The van der Waals surface area contributed by atoms with Gasteiger partial charge in [-0.15, -0.1) is 11.3 Å². The number of nitrogens with one attached hydrogen (secondary N) is 1. The number of halogens is 1. The minimum atomic E-state index is -0.456. The Hall–Kier alpha value is -2.54. The van der Waals surface area contributed by atoms with Crippen molar-refractivity contribution in [2.75, 3.05) is 0 Å². The Balaban J connectivity index is 1.64. The van der Waals surface area contributed by atoms with Gasteiger partial charge in [0.1, 0.15) is 5.82 Å². The quantitative estimate of drug-likeness (QED) is 0.804. The summed E-state index contributed by atoms with van der Waals surface area (Å²) in [6.45, 7) is 0.115. The second kappa shape index (κ2) is 5.84. The van der Waals surface area contributed by atoms with Gasteiger partial charge >= 0.3 is 0 Å². The zero-order valence-corrected chi connectivity index (χ0v) is 11.6. The van der Waals surface area contributed by atoms with Gasteiger partial charge in [-0.1, -0.05) is 17.3 Å². The van der Waals surface area contributed by atoms with Crippen LogP contribution in [0.25, 0.3) is 10.8 Å². The van der Waals surface area contributed by atoms with Crippen LogP contribution in [0.3, 0.4) is 0 Å². The van der Waals surface area contributed by atoms with E-state index in [4.69, 9.17) is 4.52 Å². The van der Waals surface area contributed by atoms with Gasteiger partial charge in [0.15, 0.2) is 5.82 Å². The average Bonchev–Trinajstić information content (AvgIpc) is 3.15. The smallest absolute Gasteiger partial charge is 0.268 e. The van der Waals surface area contributed by atoms with Gasteiger partial charge in [-0.2, -0.15) is 4.98 Å². The number of benzene rings is 1. The van der Waals surface area contributed by atoms with Gasteiger partial charge in [0.2, 0.25) is 0 Å². The predicted molar refractivity (Wildman–Crippen MR) is 75.2 cm³/mol. The van der Waals surface area contributed by atoms with Crippen molar-refractivity contribution in [3.8, 4) is 10.8 Å². The van der Waals surface area contributed by atoms with Crippen LogP contribution in [0.1, 0.15) is 16.2 Å². The van der Waals surface area contributed by atoms with E-state index >= 15 is 0 Å². The van der Waals surface area contributed by atoms with Crippen LogP contribution in [0.15, 0.2) is 46.3 Å². The summed E-state index contributed by atoms with van der Waals surface area (Å²) in [4.78, 5) is 16.9. The van der Waals surface area contributed by atoms with E-state index in [-0.39, 0.29) is 12.1 Å². The Bertz CT molecular complexity index is 755. The molecule has 5 nitrogen and oxygen atoms in total. The number of rotatable bonds is 4. The molecular formula is C14H10FN3O2S. The summed E-state index contributed by atoms with van der Waals surface area (Å²) < 4.78 is 18.1. The lowest BCUT2D eigenvalue weighted by Crippen LogP contribution is -2.23. The molecule has 0 saturated heterocycles. The first kappa shape index (κ1) is 13.4. The summed E-state index contributed by atoms with van der Waals surface area (Å²) in [6.07, 6.45) is 0. The maximum absolute atomic E-state index is 13.0. The van der Waals surface area contributed by atoms with E-state index in [2.05, 4.69) is 15.5 Å². The fraction of sp³-hybridized carbons (Fsp3) is 0.0714. The molecule has 0 radical (unpaired) electrons. The number of thiophene rings is 1. The van der Waals surface area contributed by atoms with Gasteiger partial charge in [0.25, 0.3) is 11.8 Å². The number of hydrogen-bond acceptors (Lipinski definition) is 5. The lowest BCUT2D eigenvalue weighted by molar-refractivity contribution is 0.0949. The third-order valence-corrected chi connectivity index (χ3v) is 3.55. The topological polar surface area (TPSA) is 68.0 Å². The van der Waals surface area contributed by atoms with Gasteiger partial charge in [-0.3, -0.25) is 4.79 Å². The second-order valence-electron chi connectivity index (χ2n) is 4.19. The Morgan fingerprint density at radius 3 is 3.00 bits per heavy atom. The number of amides is 1. The predicted octanol–water partition coefficient (Wildman–Crippen LogP) is 2.87. The van der Waals surface area contributed by atoms with Crippen molar-refractivity contribution in [3.05, 3.63) is 59.0 Å². The second-order valence-corrected chi connectivity index (χ2v) is 5.13. The molecule has 0 saturated carbocycles. The maximum atomic E-state index is 13.0. The zero-order valence-electron chi connectivity index (χ0n) is 10.7. The van der Waals surface area contributed by atoms with Crippen molar-refractivity contribution in [1.82, 2.24) is 15.5 Å². The van der Waals surface area contributed by atoms with Gasteiger partial charge in [-0.05, 0) is 29.6 Å². The van der Waals surface area contributed by atoms with Crippen molar-refractivity contribution >= 4 is 17.2 Å². The monoisotopic (exact) mass is 303 g/mol. The fourth-order valence-corrected chi connectivity index (χ4v) is 2.36. The van der Waals surface area contributed by atoms with E-state index in [0.29, 0.717) is 11.7 Å². The van der Waals surface area contributed by atoms with Crippen LogP contribution in [0.5, 0.6) is 0 Å². The molecule has 3 rings (SSSR count). The lowest BCUT2D eigenvalue weighted by Gasteiger charge is -2.02. The van der Waals surface area contributed by atoms with Gasteiger partial charge in [0, 0.05) is 5.56 Å². The molecule has 2 aromatic heterocycles. The van der Waals surface area contributed by atoms with Crippen LogP contribution in [-0.2, 0) is 6.54 Å². The van der Waals surface area contributed by atoms with Crippen molar-refractivity contribution in [2.45, 2.75) is 6.54 Å². The zero-order chi connectivity index (χ0) is 14.7. The first-order valence-electron chi connectivity index (χ1n) is 6.12. The SMILES string of the molecule is O=C(NCc1noc(-c2cccs2)n1)c1cccc(F)c1. The molecular weight excluding hydrogens is 293 g/mol. The standard InChI is InChI=1S/C14H10FN3O2S/c15-10-4-1-3-9(7-10)13(19)16-8-12-17-14(20-18-12)11-5-2-6-21-11/h1-7H,8H2,(H,16,19). The highest BCUT2D eigenvalue weighted by atomic mass is 32.1. The fourth-order valence-electron chi connectivity index (χ4n) is 1.72. The molecule has 0 unspecified atom stereocenters. The van der Waals surface area contributed by atoms with Crippen molar-refractivity contribution in [2.24, 2.45) is 0 Å². The largest absolute Gasteiger partial charge is 0.345 e. The summed E-state index contributed by atoms with van der Waals surface area (Å²) in [5.41, 5.74) is 0.247. The molecule has 2 heterocycles. The van der Waals surface area contributed by atoms with Gasteiger partial charge in [-0.25, -0.2) is 4.39 Å². The first-order valence-corrected chi connectivity index (χ1v) is 7.00. The number of carbonyl (C=O) groups excluding carboxylic acids is 1. The Kier molecular flexibility index (Phi) is 3.74. The van der Waals surface area contributed by atoms with Crippen molar-refractivity contribution in [3.63, 3.8) is 0 Å².